The topological polar surface area (TPSA) is 45.7 Å². The molecule has 1 aromatic heterocycles. The number of nitrogens with zero attached hydrogens (tertiary/aromatic N) is 3. The minimum atomic E-state index is 0.0543. The van der Waals surface area contributed by atoms with Crippen molar-refractivity contribution in [2.75, 3.05) is 32.8 Å². The van der Waals surface area contributed by atoms with Crippen molar-refractivity contribution in [2.45, 2.75) is 39.2 Å². The first-order valence-electron chi connectivity index (χ1n) is 10.9. The number of rotatable bonds is 5. The Morgan fingerprint density at radius 2 is 1.87 bits per heavy atom. The van der Waals surface area contributed by atoms with Crippen LogP contribution in [0.1, 0.15) is 37.9 Å². The van der Waals surface area contributed by atoms with Crippen LogP contribution in [0.5, 0.6) is 5.75 Å². The smallest absolute Gasteiger partial charge is 0.260 e. The Bertz CT molecular complexity index is 1040. The summed E-state index contributed by atoms with van der Waals surface area (Å²) >= 11 is 1.74. The molecule has 0 N–H and O–H groups in total. The molecule has 3 aromatic rings. The molecule has 164 valence electrons. The van der Waals surface area contributed by atoms with Crippen LogP contribution in [0.4, 0.5) is 0 Å². The summed E-state index contributed by atoms with van der Waals surface area (Å²) in [6, 6.07) is 14.1. The fourth-order valence-electron chi connectivity index (χ4n) is 3.83. The van der Waals surface area contributed by atoms with Gasteiger partial charge in [-0.2, -0.15) is 0 Å². The minimum absolute atomic E-state index is 0.0543. The van der Waals surface area contributed by atoms with Crippen molar-refractivity contribution in [2.24, 2.45) is 0 Å². The molecule has 2 aromatic carbocycles. The number of carbonyl (C=O) groups excluding carboxylic acids is 1. The number of fused-ring (bicyclic) bond motifs is 1. The zero-order valence-corrected chi connectivity index (χ0v) is 19.5. The van der Waals surface area contributed by atoms with E-state index in [9.17, 15) is 4.79 Å². The Kier molecular flexibility index (Phi) is 6.58. The Hall–Kier alpha value is -2.44. The molecule has 1 aliphatic rings. The summed E-state index contributed by atoms with van der Waals surface area (Å²) in [6.07, 6.45) is 0.970. The number of hydrogen-bond acceptors (Lipinski definition) is 5. The summed E-state index contributed by atoms with van der Waals surface area (Å²) in [5.41, 5.74) is 1.23. The number of aromatic nitrogens is 1. The van der Waals surface area contributed by atoms with Gasteiger partial charge in [-0.15, -0.1) is 11.3 Å². The van der Waals surface area contributed by atoms with Gasteiger partial charge in [0.25, 0.3) is 5.91 Å². The van der Waals surface area contributed by atoms with E-state index in [2.05, 4.69) is 43.2 Å². The third-order valence-corrected chi connectivity index (χ3v) is 6.92. The number of thiazole rings is 1. The zero-order chi connectivity index (χ0) is 21.8. The summed E-state index contributed by atoms with van der Waals surface area (Å²) in [7, 11) is 0. The zero-order valence-electron chi connectivity index (χ0n) is 18.6. The lowest BCUT2D eigenvalue weighted by molar-refractivity contribution is -0.133. The van der Waals surface area contributed by atoms with E-state index in [0.29, 0.717) is 0 Å². The van der Waals surface area contributed by atoms with Gasteiger partial charge in [0.15, 0.2) is 6.61 Å². The number of amides is 1. The predicted octanol–water partition coefficient (Wildman–Crippen LogP) is 4.71. The molecule has 0 unspecified atom stereocenters. The molecular weight excluding hydrogens is 406 g/mol. The second-order valence-corrected chi connectivity index (χ2v) is 10.1. The molecule has 0 saturated carbocycles. The predicted molar refractivity (Wildman–Crippen MR) is 127 cm³/mol. The Labute approximate surface area is 188 Å². The summed E-state index contributed by atoms with van der Waals surface area (Å²) in [5.74, 6) is 0.792. The van der Waals surface area contributed by atoms with Crippen LogP contribution in [0.15, 0.2) is 47.8 Å². The van der Waals surface area contributed by atoms with Crippen LogP contribution in [-0.4, -0.2) is 53.5 Å². The van der Waals surface area contributed by atoms with Gasteiger partial charge in [0.05, 0.1) is 10.7 Å². The van der Waals surface area contributed by atoms with E-state index in [4.69, 9.17) is 9.72 Å². The maximum atomic E-state index is 12.7. The van der Waals surface area contributed by atoms with E-state index >= 15 is 0 Å². The van der Waals surface area contributed by atoms with Crippen molar-refractivity contribution in [3.63, 3.8) is 0 Å². The maximum Gasteiger partial charge on any atom is 0.260 e. The van der Waals surface area contributed by atoms with Crippen molar-refractivity contribution in [3.05, 3.63) is 58.5 Å². The Balaban J connectivity index is 1.28. The van der Waals surface area contributed by atoms with E-state index < -0.39 is 0 Å². The molecule has 6 heteroatoms. The molecule has 2 heterocycles. The molecule has 0 aliphatic carbocycles. The number of ether oxygens (including phenoxy) is 1. The van der Waals surface area contributed by atoms with Gasteiger partial charge in [-0.25, -0.2) is 4.98 Å². The number of hydrogen-bond donors (Lipinski definition) is 0. The average molecular weight is 438 g/mol. The molecular formula is C25H31N3O2S. The van der Waals surface area contributed by atoms with Gasteiger partial charge in [-0.1, -0.05) is 51.1 Å². The molecule has 4 rings (SSSR count). The largest absolute Gasteiger partial charge is 0.484 e. The molecule has 5 nitrogen and oxygen atoms in total. The fraction of sp³-hybridized carbons (Fsp3) is 0.440. The SMILES string of the molecule is CC(C)(C)c1nc(CN2CCCN(C(=O)COc3ccc4ccccc4c3)CC2)cs1. The van der Waals surface area contributed by atoms with Crippen molar-refractivity contribution >= 4 is 28.0 Å². The highest BCUT2D eigenvalue weighted by molar-refractivity contribution is 7.09. The van der Waals surface area contributed by atoms with Crippen molar-refractivity contribution in [1.82, 2.24) is 14.8 Å². The van der Waals surface area contributed by atoms with E-state index in [1.54, 1.807) is 11.3 Å². The monoisotopic (exact) mass is 437 g/mol. The number of benzene rings is 2. The highest BCUT2D eigenvalue weighted by atomic mass is 32.1. The van der Waals surface area contributed by atoms with Crippen molar-refractivity contribution < 1.29 is 9.53 Å². The molecule has 1 saturated heterocycles. The van der Waals surface area contributed by atoms with Crippen LogP contribution >= 0.6 is 11.3 Å². The second kappa shape index (κ2) is 9.37. The first kappa shape index (κ1) is 21.8. The normalized spacial score (nSPS) is 15.8. The Morgan fingerprint density at radius 1 is 1.06 bits per heavy atom. The average Bonchev–Trinajstić information content (AvgIpc) is 3.11. The van der Waals surface area contributed by atoms with Crippen molar-refractivity contribution in [3.8, 4) is 5.75 Å². The summed E-state index contributed by atoms with van der Waals surface area (Å²) in [6.45, 7) is 10.9. The van der Waals surface area contributed by atoms with Crippen LogP contribution in [0, 0.1) is 0 Å². The first-order valence-corrected chi connectivity index (χ1v) is 11.8. The summed E-state index contributed by atoms with van der Waals surface area (Å²) in [4.78, 5) is 21.9. The second-order valence-electron chi connectivity index (χ2n) is 9.20. The molecule has 31 heavy (non-hydrogen) atoms. The minimum Gasteiger partial charge on any atom is -0.484 e. The molecule has 0 bridgehead atoms. The van der Waals surface area contributed by atoms with Crippen LogP contribution in [0.2, 0.25) is 0 Å². The van der Waals surface area contributed by atoms with E-state index in [-0.39, 0.29) is 17.9 Å². The van der Waals surface area contributed by atoms with Gasteiger partial charge in [-0.05, 0) is 29.3 Å². The van der Waals surface area contributed by atoms with Crippen LogP contribution < -0.4 is 4.74 Å². The summed E-state index contributed by atoms with van der Waals surface area (Å²) < 4.78 is 5.81. The lowest BCUT2D eigenvalue weighted by Crippen LogP contribution is -2.38. The van der Waals surface area contributed by atoms with Crippen LogP contribution in [0.25, 0.3) is 10.8 Å². The Morgan fingerprint density at radius 3 is 2.65 bits per heavy atom. The standard InChI is InChI=1S/C25H31N3O2S/c1-25(2,3)24-26-21(18-31-24)16-27-11-6-12-28(14-13-27)23(29)17-30-22-10-9-19-7-4-5-8-20(19)15-22/h4-5,7-10,15,18H,6,11-14,16-17H2,1-3H3. The highest BCUT2D eigenvalue weighted by Crippen LogP contribution is 2.26. The van der Waals surface area contributed by atoms with Gasteiger partial charge in [0.2, 0.25) is 0 Å². The van der Waals surface area contributed by atoms with Crippen LogP contribution in [0.3, 0.4) is 0 Å². The van der Waals surface area contributed by atoms with Gasteiger partial charge in [-0.3, -0.25) is 9.69 Å². The van der Waals surface area contributed by atoms with E-state index in [1.165, 1.54) is 10.4 Å². The third kappa shape index (κ3) is 5.63. The van der Waals surface area contributed by atoms with Crippen LogP contribution in [-0.2, 0) is 16.8 Å². The van der Waals surface area contributed by atoms with Gasteiger partial charge in [0, 0.05) is 43.5 Å². The lowest BCUT2D eigenvalue weighted by Gasteiger charge is -2.22. The fourth-order valence-corrected chi connectivity index (χ4v) is 4.72. The molecule has 0 spiro atoms. The van der Waals surface area contributed by atoms with Gasteiger partial charge < -0.3 is 9.64 Å². The third-order valence-electron chi connectivity index (χ3n) is 5.60. The molecule has 1 aliphatic heterocycles. The number of carbonyl (C=O) groups is 1. The van der Waals surface area contributed by atoms with Crippen molar-refractivity contribution in [1.29, 1.82) is 0 Å². The first-order chi connectivity index (χ1) is 14.9. The molecule has 0 atom stereocenters. The maximum absolute atomic E-state index is 12.7. The summed E-state index contributed by atoms with van der Waals surface area (Å²) in [5, 5.41) is 5.64. The van der Waals surface area contributed by atoms with Gasteiger partial charge in [0.1, 0.15) is 5.75 Å². The highest BCUT2D eigenvalue weighted by Gasteiger charge is 2.22. The lowest BCUT2D eigenvalue weighted by atomic mass is 9.98. The van der Waals surface area contributed by atoms with E-state index in [1.807, 2.05) is 35.2 Å². The molecule has 1 amide bonds. The van der Waals surface area contributed by atoms with Gasteiger partial charge >= 0.3 is 0 Å². The molecule has 1 fully saturated rings. The quantitative estimate of drug-likeness (QED) is 0.580. The van der Waals surface area contributed by atoms with E-state index in [0.717, 1.165) is 56.0 Å². The molecule has 0 radical (unpaired) electrons.